The van der Waals surface area contributed by atoms with E-state index in [9.17, 15) is 0 Å². The molecular formula is C12H10ClNS. The van der Waals surface area contributed by atoms with Crippen molar-refractivity contribution in [2.75, 3.05) is 0 Å². The molecule has 0 amide bonds. The number of nitrogens with zero attached hydrogens (tertiary/aromatic N) is 1. The monoisotopic (exact) mass is 235 g/mol. The molecule has 0 aliphatic heterocycles. The van der Waals surface area contributed by atoms with Crippen molar-refractivity contribution in [2.45, 2.75) is 6.42 Å². The predicted octanol–water partition coefficient (Wildman–Crippen LogP) is 2.21. The van der Waals surface area contributed by atoms with Gasteiger partial charge in [-0.3, -0.25) is 4.98 Å². The van der Waals surface area contributed by atoms with Gasteiger partial charge >= 0.3 is 0 Å². The third-order valence-corrected chi connectivity index (χ3v) is 3.50. The van der Waals surface area contributed by atoms with Crippen molar-refractivity contribution in [2.24, 2.45) is 0 Å². The highest BCUT2D eigenvalue weighted by molar-refractivity contribution is 7.09. The Labute approximate surface area is 97.4 Å². The number of halogens is 1. The maximum Gasteiger partial charge on any atom is 0.0641 e. The van der Waals surface area contributed by atoms with Crippen LogP contribution in [0.2, 0.25) is 5.02 Å². The van der Waals surface area contributed by atoms with E-state index < -0.39 is 0 Å². The van der Waals surface area contributed by atoms with Crippen LogP contribution in [-0.4, -0.2) is 4.98 Å². The molecular weight excluding hydrogens is 226 g/mol. The summed E-state index contributed by atoms with van der Waals surface area (Å²) in [6, 6.07) is 5.73. The van der Waals surface area contributed by atoms with Gasteiger partial charge in [-0.2, -0.15) is 0 Å². The van der Waals surface area contributed by atoms with Crippen molar-refractivity contribution in [3.8, 4) is 0 Å². The fraction of sp³-hybridized carbons (Fsp3) is 0.0833. The minimum Gasteiger partial charge on any atom is -0.259 e. The molecule has 0 radical (unpaired) electrons. The van der Waals surface area contributed by atoms with Gasteiger partial charge in [0.2, 0.25) is 0 Å². The summed E-state index contributed by atoms with van der Waals surface area (Å²) >= 11 is 7.68. The Kier molecular flexibility index (Phi) is 2.89. The fourth-order valence-corrected chi connectivity index (χ4v) is 2.43. The van der Waals surface area contributed by atoms with Crippen LogP contribution in [0.5, 0.6) is 0 Å². The molecule has 2 rings (SSSR count). The standard InChI is InChI=1S/C12H10ClNS/c1-8-6-10(15-9(8)2)7-12-11(13)4-3-5-14-12/h3-6H,1-2,7H2. The molecule has 0 spiro atoms. The maximum absolute atomic E-state index is 6.03. The molecule has 76 valence electrons. The lowest BCUT2D eigenvalue weighted by Crippen LogP contribution is -2.11. The van der Waals surface area contributed by atoms with Crippen molar-refractivity contribution in [1.82, 2.24) is 4.98 Å². The molecule has 0 unspecified atom stereocenters. The molecule has 2 heterocycles. The maximum atomic E-state index is 6.03. The minimum atomic E-state index is 0.710. The van der Waals surface area contributed by atoms with Crippen LogP contribution in [0.25, 0.3) is 13.2 Å². The summed E-state index contributed by atoms with van der Waals surface area (Å²) in [4.78, 5) is 5.45. The first-order valence-corrected chi connectivity index (χ1v) is 5.72. The molecule has 0 N–H and O–H groups in total. The summed E-state index contributed by atoms with van der Waals surface area (Å²) in [5, 5.41) is 1.70. The number of thiophene rings is 1. The average molecular weight is 236 g/mol. The lowest BCUT2D eigenvalue weighted by Gasteiger charge is -1.99. The molecule has 2 aromatic heterocycles. The lowest BCUT2D eigenvalue weighted by atomic mass is 10.2. The van der Waals surface area contributed by atoms with E-state index in [1.54, 1.807) is 17.5 Å². The summed E-state index contributed by atoms with van der Waals surface area (Å²) in [5.41, 5.74) is 0.903. The first-order chi connectivity index (χ1) is 7.16. The van der Waals surface area contributed by atoms with Crippen molar-refractivity contribution in [3.05, 3.63) is 49.7 Å². The van der Waals surface area contributed by atoms with Crippen molar-refractivity contribution < 1.29 is 0 Å². The van der Waals surface area contributed by atoms with Gasteiger partial charge in [-0.25, -0.2) is 0 Å². The van der Waals surface area contributed by atoms with Crippen LogP contribution >= 0.6 is 22.9 Å². The second-order valence-electron chi connectivity index (χ2n) is 3.27. The SMILES string of the molecule is C=c1cc(Cc2ncccc2Cl)sc1=C. The Hall–Kier alpha value is -1.12. The zero-order valence-electron chi connectivity index (χ0n) is 8.16. The molecule has 0 fully saturated rings. The smallest absolute Gasteiger partial charge is 0.0641 e. The lowest BCUT2D eigenvalue weighted by molar-refractivity contribution is 1.10. The van der Waals surface area contributed by atoms with E-state index >= 15 is 0 Å². The van der Waals surface area contributed by atoms with Crippen LogP contribution in [0.15, 0.2) is 24.4 Å². The zero-order valence-corrected chi connectivity index (χ0v) is 9.74. The molecule has 0 aliphatic rings. The molecule has 3 heteroatoms. The molecule has 0 bridgehead atoms. The van der Waals surface area contributed by atoms with Gasteiger partial charge < -0.3 is 0 Å². The molecule has 15 heavy (non-hydrogen) atoms. The summed E-state index contributed by atoms with van der Waals surface area (Å²) in [6.07, 6.45) is 2.51. The minimum absolute atomic E-state index is 0.710. The summed E-state index contributed by atoms with van der Waals surface area (Å²) in [7, 11) is 0. The van der Waals surface area contributed by atoms with Crippen molar-refractivity contribution >= 4 is 36.1 Å². The van der Waals surface area contributed by atoms with Gasteiger partial charge in [0.15, 0.2) is 0 Å². The van der Waals surface area contributed by atoms with Crippen LogP contribution in [0, 0.1) is 0 Å². The quantitative estimate of drug-likeness (QED) is 0.778. The number of hydrogen-bond donors (Lipinski definition) is 0. The molecule has 0 saturated carbocycles. The molecule has 1 nitrogen and oxygen atoms in total. The van der Waals surface area contributed by atoms with Crippen LogP contribution in [-0.2, 0) is 6.42 Å². The van der Waals surface area contributed by atoms with E-state index in [1.807, 2.05) is 18.2 Å². The van der Waals surface area contributed by atoms with E-state index in [0.29, 0.717) is 5.02 Å². The Morgan fingerprint density at radius 1 is 1.40 bits per heavy atom. The van der Waals surface area contributed by atoms with Crippen molar-refractivity contribution in [3.63, 3.8) is 0 Å². The highest BCUT2D eigenvalue weighted by Crippen LogP contribution is 2.16. The summed E-state index contributed by atoms with van der Waals surface area (Å²) in [6.45, 7) is 7.81. The third kappa shape index (κ3) is 2.28. The highest BCUT2D eigenvalue weighted by Gasteiger charge is 2.03. The van der Waals surface area contributed by atoms with Gasteiger partial charge in [0.25, 0.3) is 0 Å². The predicted molar refractivity (Wildman–Crippen MR) is 66.7 cm³/mol. The zero-order chi connectivity index (χ0) is 10.8. The van der Waals surface area contributed by atoms with E-state index in [2.05, 4.69) is 18.1 Å². The van der Waals surface area contributed by atoms with Gasteiger partial charge in [-0.1, -0.05) is 24.8 Å². The van der Waals surface area contributed by atoms with E-state index in [4.69, 9.17) is 11.6 Å². The van der Waals surface area contributed by atoms with Gasteiger partial charge in [0, 0.05) is 22.0 Å². The fourth-order valence-electron chi connectivity index (χ4n) is 1.33. The molecule has 2 aromatic rings. The van der Waals surface area contributed by atoms with Crippen LogP contribution in [0.1, 0.15) is 10.6 Å². The van der Waals surface area contributed by atoms with Gasteiger partial charge in [0.1, 0.15) is 0 Å². The largest absolute Gasteiger partial charge is 0.259 e. The second kappa shape index (κ2) is 4.17. The van der Waals surface area contributed by atoms with Crippen molar-refractivity contribution in [1.29, 1.82) is 0 Å². The van der Waals surface area contributed by atoms with Gasteiger partial charge in [0.05, 0.1) is 10.7 Å². The van der Waals surface area contributed by atoms with Crippen LogP contribution in [0.3, 0.4) is 0 Å². The Balaban J connectivity index is 2.34. The normalized spacial score (nSPS) is 10.5. The number of rotatable bonds is 2. The van der Waals surface area contributed by atoms with E-state index in [-0.39, 0.29) is 0 Å². The van der Waals surface area contributed by atoms with Gasteiger partial charge in [-0.05, 0) is 23.4 Å². The van der Waals surface area contributed by atoms with Gasteiger partial charge in [-0.15, -0.1) is 11.3 Å². The van der Waals surface area contributed by atoms with Crippen LogP contribution in [0.4, 0.5) is 0 Å². The molecule has 0 atom stereocenters. The molecule has 0 saturated heterocycles. The first-order valence-electron chi connectivity index (χ1n) is 4.53. The summed E-state index contributed by atoms with van der Waals surface area (Å²) in [5.74, 6) is 0. The number of hydrogen-bond acceptors (Lipinski definition) is 2. The second-order valence-corrected chi connectivity index (χ2v) is 4.90. The molecule has 0 aromatic carbocycles. The average Bonchev–Trinajstić information content (AvgIpc) is 2.50. The topological polar surface area (TPSA) is 12.9 Å². The Bertz CT molecular complexity index is 546. The van der Waals surface area contributed by atoms with E-state index in [1.165, 1.54) is 4.88 Å². The number of pyridine rings is 1. The molecule has 0 aliphatic carbocycles. The van der Waals surface area contributed by atoms with E-state index in [0.717, 1.165) is 21.9 Å². The Morgan fingerprint density at radius 3 is 2.80 bits per heavy atom. The first kappa shape index (κ1) is 10.4. The summed E-state index contributed by atoms with van der Waals surface area (Å²) < 4.78 is 1.01. The highest BCUT2D eigenvalue weighted by atomic mass is 35.5. The number of aromatic nitrogens is 1. The third-order valence-electron chi connectivity index (χ3n) is 2.12. The van der Waals surface area contributed by atoms with Crippen LogP contribution < -0.4 is 9.75 Å². The Morgan fingerprint density at radius 2 is 2.20 bits per heavy atom.